The van der Waals surface area contributed by atoms with Crippen LogP contribution in [0.1, 0.15) is 60.3 Å². The maximum atomic E-state index is 6.24. The molecule has 2 aliphatic heterocycles. The molecule has 3 rings (SSSR count). The lowest BCUT2D eigenvalue weighted by Crippen LogP contribution is -2.46. The highest BCUT2D eigenvalue weighted by Crippen LogP contribution is 2.43. The maximum absolute atomic E-state index is 6.24. The summed E-state index contributed by atoms with van der Waals surface area (Å²) < 4.78 is 12.5. The molecule has 2 saturated heterocycles. The predicted molar refractivity (Wildman–Crippen MR) is 77.9 cm³/mol. The molecule has 0 amide bonds. The first-order valence-corrected chi connectivity index (χ1v) is 7.93. The summed E-state index contributed by atoms with van der Waals surface area (Å²) in [5.74, 6) is 1.83. The molecule has 2 heterocycles. The van der Waals surface area contributed by atoms with Crippen molar-refractivity contribution in [2.75, 3.05) is 0 Å². The van der Waals surface area contributed by atoms with E-state index in [1.54, 1.807) is 0 Å². The number of rotatable bonds is 1. The molecule has 1 saturated carbocycles. The molecule has 19 heavy (non-hydrogen) atoms. The summed E-state index contributed by atoms with van der Waals surface area (Å²) in [6.07, 6.45) is 5.46. The van der Waals surface area contributed by atoms with Crippen molar-refractivity contribution in [2.45, 2.75) is 83.5 Å². The van der Waals surface area contributed by atoms with Crippen molar-refractivity contribution in [1.82, 2.24) is 5.32 Å². The highest BCUT2D eigenvalue weighted by atomic mass is 16.7. The fourth-order valence-electron chi connectivity index (χ4n) is 4.02. The molecule has 4 atom stereocenters. The van der Waals surface area contributed by atoms with Crippen molar-refractivity contribution >= 4 is 7.12 Å². The van der Waals surface area contributed by atoms with Gasteiger partial charge in [-0.3, -0.25) is 0 Å². The molecular formula is C15H28BNO2. The first-order chi connectivity index (χ1) is 8.82. The third-order valence-corrected chi connectivity index (χ3v) is 6.03. The molecule has 3 aliphatic rings. The van der Waals surface area contributed by atoms with Crippen molar-refractivity contribution in [2.24, 2.45) is 11.8 Å². The van der Waals surface area contributed by atoms with E-state index in [1.165, 1.54) is 25.7 Å². The van der Waals surface area contributed by atoms with Gasteiger partial charge in [0.1, 0.15) is 0 Å². The standard InChI is InChI=1S/C15H28BNO2/c1-10-11-8-6-7-9-12(11)17-13(10)16-18-14(2,3)15(4,5)19-16/h10-13,17H,6-9H2,1-5H3. The average molecular weight is 265 g/mol. The summed E-state index contributed by atoms with van der Waals surface area (Å²) in [5, 5.41) is 3.81. The second-order valence-corrected chi connectivity index (χ2v) is 7.73. The van der Waals surface area contributed by atoms with Gasteiger partial charge in [0, 0.05) is 12.0 Å². The van der Waals surface area contributed by atoms with Gasteiger partial charge in [0.25, 0.3) is 0 Å². The predicted octanol–water partition coefficient (Wildman–Crippen LogP) is 2.78. The Morgan fingerprint density at radius 3 is 2.16 bits per heavy atom. The van der Waals surface area contributed by atoms with Crippen molar-refractivity contribution in [3.63, 3.8) is 0 Å². The summed E-state index contributed by atoms with van der Waals surface area (Å²) in [7, 11) is -0.0920. The van der Waals surface area contributed by atoms with Crippen LogP contribution in [0.15, 0.2) is 0 Å². The zero-order valence-electron chi connectivity index (χ0n) is 13.0. The molecule has 1 aliphatic carbocycles. The summed E-state index contributed by atoms with van der Waals surface area (Å²) >= 11 is 0. The van der Waals surface area contributed by atoms with Crippen LogP contribution in [-0.2, 0) is 9.31 Å². The Labute approximate surface area is 118 Å². The van der Waals surface area contributed by atoms with Crippen molar-refractivity contribution in [1.29, 1.82) is 0 Å². The van der Waals surface area contributed by atoms with Crippen LogP contribution < -0.4 is 5.32 Å². The molecule has 0 radical (unpaired) electrons. The monoisotopic (exact) mass is 265 g/mol. The lowest BCUT2D eigenvalue weighted by atomic mass is 9.68. The van der Waals surface area contributed by atoms with Gasteiger partial charge < -0.3 is 14.6 Å². The van der Waals surface area contributed by atoms with E-state index in [2.05, 4.69) is 39.9 Å². The average Bonchev–Trinajstić information content (AvgIpc) is 2.76. The van der Waals surface area contributed by atoms with E-state index in [0.717, 1.165) is 5.92 Å². The van der Waals surface area contributed by atoms with E-state index in [4.69, 9.17) is 9.31 Å². The summed E-state index contributed by atoms with van der Waals surface area (Å²) in [6, 6.07) is 0.688. The summed E-state index contributed by atoms with van der Waals surface area (Å²) in [4.78, 5) is 0. The van der Waals surface area contributed by atoms with E-state index in [-0.39, 0.29) is 18.3 Å². The van der Waals surface area contributed by atoms with Crippen LogP contribution in [0.3, 0.4) is 0 Å². The van der Waals surface area contributed by atoms with Gasteiger partial charge in [-0.05, 0) is 52.4 Å². The molecule has 3 fully saturated rings. The summed E-state index contributed by atoms with van der Waals surface area (Å²) in [5.41, 5.74) is -0.431. The fourth-order valence-corrected chi connectivity index (χ4v) is 4.02. The Morgan fingerprint density at radius 2 is 1.58 bits per heavy atom. The highest BCUT2D eigenvalue weighted by Gasteiger charge is 2.57. The van der Waals surface area contributed by atoms with E-state index >= 15 is 0 Å². The topological polar surface area (TPSA) is 30.5 Å². The smallest absolute Gasteiger partial charge is 0.402 e. The van der Waals surface area contributed by atoms with Gasteiger partial charge in [-0.2, -0.15) is 0 Å². The third-order valence-electron chi connectivity index (χ3n) is 6.03. The quantitative estimate of drug-likeness (QED) is 0.739. The normalized spacial score (nSPS) is 44.4. The van der Waals surface area contributed by atoms with E-state index in [0.29, 0.717) is 17.9 Å². The van der Waals surface area contributed by atoms with Crippen LogP contribution in [0.2, 0.25) is 0 Å². The molecule has 4 heteroatoms. The third kappa shape index (κ3) is 2.16. The van der Waals surface area contributed by atoms with Crippen molar-refractivity contribution in [3.05, 3.63) is 0 Å². The van der Waals surface area contributed by atoms with Crippen LogP contribution in [0.5, 0.6) is 0 Å². The Hall–Kier alpha value is -0.0551. The van der Waals surface area contributed by atoms with Gasteiger partial charge in [0.2, 0.25) is 0 Å². The minimum Gasteiger partial charge on any atom is -0.402 e. The van der Waals surface area contributed by atoms with Gasteiger partial charge >= 0.3 is 7.12 Å². The molecule has 0 bridgehead atoms. The molecule has 3 nitrogen and oxygen atoms in total. The zero-order valence-corrected chi connectivity index (χ0v) is 13.0. The first-order valence-electron chi connectivity index (χ1n) is 7.93. The Bertz CT molecular complexity index is 342. The van der Waals surface area contributed by atoms with Gasteiger partial charge in [0.05, 0.1) is 11.2 Å². The molecular weight excluding hydrogens is 237 g/mol. The van der Waals surface area contributed by atoms with Crippen molar-refractivity contribution < 1.29 is 9.31 Å². The van der Waals surface area contributed by atoms with Gasteiger partial charge in [-0.25, -0.2) is 0 Å². The largest absolute Gasteiger partial charge is 0.476 e. The molecule has 1 N–H and O–H groups in total. The molecule has 0 aromatic rings. The SMILES string of the molecule is CC1C(B2OC(C)(C)C(C)(C)O2)NC2CCCCC21. The van der Waals surface area contributed by atoms with E-state index in [1.807, 2.05) is 0 Å². The number of nitrogens with one attached hydrogen (secondary N) is 1. The molecule has 4 unspecified atom stereocenters. The fraction of sp³-hybridized carbons (Fsp3) is 1.00. The van der Waals surface area contributed by atoms with Gasteiger partial charge in [-0.1, -0.05) is 19.8 Å². The molecule has 0 spiro atoms. The second kappa shape index (κ2) is 4.47. The van der Waals surface area contributed by atoms with Crippen LogP contribution in [0.4, 0.5) is 0 Å². The Kier molecular flexibility index (Phi) is 3.27. The van der Waals surface area contributed by atoms with Gasteiger partial charge in [-0.15, -0.1) is 0 Å². The maximum Gasteiger partial charge on any atom is 0.476 e. The molecule has 108 valence electrons. The van der Waals surface area contributed by atoms with Crippen LogP contribution in [0, 0.1) is 11.8 Å². The summed E-state index contributed by atoms with van der Waals surface area (Å²) in [6.45, 7) is 10.9. The number of hydrogen-bond donors (Lipinski definition) is 1. The first kappa shape index (κ1) is 13.9. The van der Waals surface area contributed by atoms with Crippen LogP contribution in [0.25, 0.3) is 0 Å². The van der Waals surface area contributed by atoms with Gasteiger partial charge in [0.15, 0.2) is 0 Å². The van der Waals surface area contributed by atoms with E-state index in [9.17, 15) is 0 Å². The van der Waals surface area contributed by atoms with Crippen molar-refractivity contribution in [3.8, 4) is 0 Å². The minimum atomic E-state index is -0.215. The lowest BCUT2D eigenvalue weighted by molar-refractivity contribution is 0.00578. The minimum absolute atomic E-state index is 0.0920. The second-order valence-electron chi connectivity index (χ2n) is 7.73. The molecule has 0 aromatic carbocycles. The van der Waals surface area contributed by atoms with E-state index < -0.39 is 0 Å². The Morgan fingerprint density at radius 1 is 1.00 bits per heavy atom. The lowest BCUT2D eigenvalue weighted by Gasteiger charge is -2.32. The highest BCUT2D eigenvalue weighted by molar-refractivity contribution is 6.47. The number of hydrogen-bond acceptors (Lipinski definition) is 3. The number of fused-ring (bicyclic) bond motifs is 1. The van der Waals surface area contributed by atoms with Crippen LogP contribution in [-0.4, -0.2) is 30.3 Å². The Balaban J connectivity index is 1.74. The molecule has 0 aromatic heterocycles. The zero-order chi connectivity index (χ0) is 13.8. The van der Waals surface area contributed by atoms with Crippen LogP contribution >= 0.6 is 0 Å².